The zero-order valence-corrected chi connectivity index (χ0v) is 11.9. The first-order chi connectivity index (χ1) is 9.61. The Labute approximate surface area is 118 Å². The minimum absolute atomic E-state index is 0.00966. The molecule has 1 aliphatic heterocycles. The van der Waals surface area contributed by atoms with Gasteiger partial charge in [-0.05, 0) is 29.7 Å². The van der Waals surface area contributed by atoms with Crippen molar-refractivity contribution in [1.82, 2.24) is 10.2 Å². The zero-order chi connectivity index (χ0) is 14.5. The maximum absolute atomic E-state index is 12.3. The normalized spacial score (nSPS) is 12.9. The average molecular weight is 276 g/mol. The van der Waals surface area contributed by atoms with Crippen molar-refractivity contribution in [2.75, 3.05) is 20.7 Å². The van der Waals surface area contributed by atoms with Crippen molar-refractivity contribution < 1.29 is 14.3 Å². The fourth-order valence-corrected chi connectivity index (χ4v) is 2.31. The minimum Gasteiger partial charge on any atom is -0.469 e. The lowest BCUT2D eigenvalue weighted by molar-refractivity contribution is -0.140. The highest BCUT2D eigenvalue weighted by Gasteiger charge is 2.16. The molecule has 0 aromatic heterocycles. The summed E-state index contributed by atoms with van der Waals surface area (Å²) in [6, 6.07) is 5.82. The molecule has 1 aromatic carbocycles. The van der Waals surface area contributed by atoms with Gasteiger partial charge in [-0.25, -0.2) is 0 Å². The smallest absolute Gasteiger partial charge is 0.305 e. The quantitative estimate of drug-likeness (QED) is 0.824. The molecule has 0 bridgehead atoms. The van der Waals surface area contributed by atoms with Crippen LogP contribution in [0.5, 0.6) is 0 Å². The summed E-state index contributed by atoms with van der Waals surface area (Å²) >= 11 is 0. The van der Waals surface area contributed by atoms with Crippen LogP contribution in [-0.4, -0.2) is 37.5 Å². The number of hydrogen-bond donors (Lipinski definition) is 1. The van der Waals surface area contributed by atoms with Crippen LogP contribution in [0.2, 0.25) is 0 Å². The summed E-state index contributed by atoms with van der Waals surface area (Å²) in [5, 5.41) is 3.26. The minimum atomic E-state index is -0.241. The van der Waals surface area contributed by atoms with Gasteiger partial charge in [-0.1, -0.05) is 6.07 Å². The van der Waals surface area contributed by atoms with Gasteiger partial charge >= 0.3 is 5.97 Å². The molecule has 1 heterocycles. The highest BCUT2D eigenvalue weighted by molar-refractivity contribution is 5.94. The van der Waals surface area contributed by atoms with Crippen LogP contribution in [0, 0.1) is 0 Å². The highest BCUT2D eigenvalue weighted by Crippen LogP contribution is 2.18. The van der Waals surface area contributed by atoms with Crippen molar-refractivity contribution in [1.29, 1.82) is 0 Å². The molecule has 5 heteroatoms. The maximum atomic E-state index is 12.3. The second kappa shape index (κ2) is 6.52. The zero-order valence-electron chi connectivity index (χ0n) is 11.9. The molecule has 108 valence electrons. The van der Waals surface area contributed by atoms with Gasteiger partial charge in [-0.2, -0.15) is 0 Å². The molecular weight excluding hydrogens is 256 g/mol. The first-order valence-electron chi connectivity index (χ1n) is 6.76. The van der Waals surface area contributed by atoms with E-state index in [1.54, 1.807) is 11.9 Å². The number of amides is 1. The number of benzene rings is 1. The molecule has 1 aliphatic rings. The number of rotatable bonds is 5. The van der Waals surface area contributed by atoms with Gasteiger partial charge in [0.15, 0.2) is 0 Å². The van der Waals surface area contributed by atoms with E-state index in [1.165, 1.54) is 18.2 Å². The van der Waals surface area contributed by atoms with Crippen LogP contribution in [-0.2, 0) is 22.6 Å². The fraction of sp³-hybridized carbons (Fsp3) is 0.467. The van der Waals surface area contributed by atoms with E-state index in [0.717, 1.165) is 13.1 Å². The van der Waals surface area contributed by atoms with Crippen LogP contribution in [0.3, 0.4) is 0 Å². The first kappa shape index (κ1) is 14.5. The van der Waals surface area contributed by atoms with Gasteiger partial charge in [0.25, 0.3) is 5.91 Å². The van der Waals surface area contributed by atoms with E-state index in [2.05, 4.69) is 10.1 Å². The number of carbonyl (C=O) groups is 2. The van der Waals surface area contributed by atoms with E-state index in [1.807, 2.05) is 18.2 Å². The van der Waals surface area contributed by atoms with E-state index < -0.39 is 0 Å². The molecule has 1 amide bonds. The number of carbonyl (C=O) groups excluding carboxylic acids is 2. The molecule has 1 N–H and O–H groups in total. The van der Waals surface area contributed by atoms with Gasteiger partial charge < -0.3 is 15.0 Å². The van der Waals surface area contributed by atoms with Crippen molar-refractivity contribution in [2.24, 2.45) is 0 Å². The average Bonchev–Trinajstić information content (AvgIpc) is 2.93. The Morgan fingerprint density at radius 2 is 2.05 bits per heavy atom. The van der Waals surface area contributed by atoms with Crippen molar-refractivity contribution in [3.05, 3.63) is 34.9 Å². The van der Waals surface area contributed by atoms with Crippen molar-refractivity contribution in [3.8, 4) is 0 Å². The Bertz CT molecular complexity index is 514. The molecule has 0 saturated heterocycles. The summed E-state index contributed by atoms with van der Waals surface area (Å²) in [7, 11) is 3.13. The Balaban J connectivity index is 1.91. The number of nitrogens with one attached hydrogen (secondary N) is 1. The molecule has 0 radical (unpaired) electrons. The molecule has 0 saturated carbocycles. The van der Waals surface area contributed by atoms with Crippen LogP contribution >= 0.6 is 0 Å². The monoisotopic (exact) mass is 276 g/mol. The van der Waals surface area contributed by atoms with Gasteiger partial charge in [-0.3, -0.25) is 9.59 Å². The molecule has 0 unspecified atom stereocenters. The molecule has 0 fully saturated rings. The first-order valence-corrected chi connectivity index (χ1v) is 6.76. The van der Waals surface area contributed by atoms with E-state index in [0.29, 0.717) is 24.9 Å². The lowest BCUT2D eigenvalue weighted by Crippen LogP contribution is -2.28. The summed E-state index contributed by atoms with van der Waals surface area (Å²) in [5.41, 5.74) is 3.15. The maximum Gasteiger partial charge on any atom is 0.305 e. The van der Waals surface area contributed by atoms with Crippen LogP contribution in [0.4, 0.5) is 0 Å². The van der Waals surface area contributed by atoms with Crippen LogP contribution in [0.1, 0.15) is 34.3 Å². The molecule has 5 nitrogen and oxygen atoms in total. The largest absolute Gasteiger partial charge is 0.469 e. The molecular formula is C15H20N2O3. The molecule has 2 rings (SSSR count). The van der Waals surface area contributed by atoms with Crippen molar-refractivity contribution in [3.63, 3.8) is 0 Å². The summed E-state index contributed by atoms with van der Waals surface area (Å²) in [4.78, 5) is 25.0. The SMILES string of the molecule is COC(=O)CCCN(C)C(=O)c1ccc2c(c1)CNC2. The van der Waals surface area contributed by atoms with Crippen LogP contribution in [0.25, 0.3) is 0 Å². The highest BCUT2D eigenvalue weighted by atomic mass is 16.5. The van der Waals surface area contributed by atoms with Gasteiger partial charge in [-0.15, -0.1) is 0 Å². The lowest BCUT2D eigenvalue weighted by atomic mass is 10.1. The van der Waals surface area contributed by atoms with Gasteiger partial charge in [0.2, 0.25) is 0 Å². The number of fused-ring (bicyclic) bond motifs is 1. The Kier molecular flexibility index (Phi) is 4.74. The summed E-state index contributed by atoms with van der Waals surface area (Å²) < 4.78 is 4.58. The number of hydrogen-bond acceptors (Lipinski definition) is 4. The second-order valence-corrected chi connectivity index (χ2v) is 4.99. The van der Waals surface area contributed by atoms with Crippen LogP contribution < -0.4 is 5.32 Å². The number of methoxy groups -OCH3 is 1. The van der Waals surface area contributed by atoms with E-state index in [-0.39, 0.29) is 11.9 Å². The third-order valence-electron chi connectivity index (χ3n) is 3.53. The van der Waals surface area contributed by atoms with Gasteiger partial charge in [0.05, 0.1) is 7.11 Å². The second-order valence-electron chi connectivity index (χ2n) is 4.99. The number of esters is 1. The van der Waals surface area contributed by atoms with Crippen molar-refractivity contribution >= 4 is 11.9 Å². The summed E-state index contributed by atoms with van der Waals surface area (Å²) in [6.07, 6.45) is 0.948. The Hall–Kier alpha value is -1.88. The standard InChI is InChI=1S/C15H20N2O3/c1-17(7-3-4-14(18)20-2)15(19)11-5-6-12-9-16-10-13(12)8-11/h5-6,8,16H,3-4,7,9-10H2,1-2H3. The Morgan fingerprint density at radius 1 is 1.30 bits per heavy atom. The molecule has 0 atom stereocenters. The number of ether oxygens (including phenoxy) is 1. The molecule has 1 aromatic rings. The third-order valence-corrected chi connectivity index (χ3v) is 3.53. The van der Waals surface area contributed by atoms with Crippen molar-refractivity contribution in [2.45, 2.75) is 25.9 Å². The predicted molar refractivity (Wildman–Crippen MR) is 75.2 cm³/mol. The molecule has 0 spiro atoms. The molecule has 0 aliphatic carbocycles. The topological polar surface area (TPSA) is 58.6 Å². The number of nitrogens with zero attached hydrogens (tertiary/aromatic N) is 1. The fourth-order valence-electron chi connectivity index (χ4n) is 2.31. The van der Waals surface area contributed by atoms with Crippen LogP contribution in [0.15, 0.2) is 18.2 Å². The summed E-state index contributed by atoms with van der Waals surface area (Å²) in [5.74, 6) is -0.251. The van der Waals surface area contributed by atoms with Gasteiger partial charge in [0, 0.05) is 38.7 Å². The summed E-state index contributed by atoms with van der Waals surface area (Å²) in [6.45, 7) is 2.24. The lowest BCUT2D eigenvalue weighted by Gasteiger charge is -2.17. The van der Waals surface area contributed by atoms with E-state index in [9.17, 15) is 9.59 Å². The third kappa shape index (κ3) is 3.36. The van der Waals surface area contributed by atoms with Gasteiger partial charge in [0.1, 0.15) is 0 Å². The van der Waals surface area contributed by atoms with E-state index in [4.69, 9.17) is 0 Å². The predicted octanol–water partition coefficient (Wildman–Crippen LogP) is 1.31. The Morgan fingerprint density at radius 3 is 2.80 bits per heavy atom. The van der Waals surface area contributed by atoms with E-state index >= 15 is 0 Å². The molecule has 20 heavy (non-hydrogen) atoms.